The highest BCUT2D eigenvalue weighted by Gasteiger charge is 2.31. The summed E-state index contributed by atoms with van der Waals surface area (Å²) in [5.41, 5.74) is 5.50. The first-order valence-corrected chi connectivity index (χ1v) is 3.90. The molecule has 4 heteroatoms. The Kier molecular flexibility index (Phi) is 2.34. The van der Waals surface area contributed by atoms with Gasteiger partial charge in [0.05, 0.1) is 5.69 Å². The second kappa shape index (κ2) is 3.14. The number of carbonyl (C=O) groups is 1. The van der Waals surface area contributed by atoms with Crippen LogP contribution in [0.5, 0.6) is 0 Å². The second-order valence-electron chi connectivity index (χ2n) is 3.23. The van der Waals surface area contributed by atoms with Crippen LogP contribution in [0.15, 0.2) is 18.3 Å². The molecule has 0 radical (unpaired) electrons. The molecule has 0 fully saturated rings. The van der Waals surface area contributed by atoms with Gasteiger partial charge < -0.3 is 10.8 Å². The lowest BCUT2D eigenvalue weighted by atomic mass is 9.98. The highest BCUT2D eigenvalue weighted by molar-refractivity contribution is 5.79. The maximum atomic E-state index is 10.8. The van der Waals surface area contributed by atoms with Crippen molar-refractivity contribution < 1.29 is 9.90 Å². The van der Waals surface area contributed by atoms with Gasteiger partial charge in [0.15, 0.2) is 5.54 Å². The summed E-state index contributed by atoms with van der Waals surface area (Å²) in [6, 6.07) is 3.47. The Balaban J connectivity index is 3.14. The fourth-order valence-electron chi connectivity index (χ4n) is 0.930. The molecule has 1 aromatic rings. The van der Waals surface area contributed by atoms with Crippen LogP contribution in [0.4, 0.5) is 0 Å². The smallest absolute Gasteiger partial charge is 0.329 e. The zero-order valence-electron chi connectivity index (χ0n) is 7.61. The van der Waals surface area contributed by atoms with Crippen molar-refractivity contribution in [3.05, 3.63) is 29.6 Å². The van der Waals surface area contributed by atoms with Crippen LogP contribution < -0.4 is 5.73 Å². The molecule has 0 amide bonds. The summed E-state index contributed by atoms with van der Waals surface area (Å²) in [5, 5.41) is 8.82. The number of aryl methyl sites for hydroxylation is 1. The van der Waals surface area contributed by atoms with Gasteiger partial charge in [-0.3, -0.25) is 4.98 Å². The van der Waals surface area contributed by atoms with Crippen LogP contribution in [0.25, 0.3) is 0 Å². The minimum atomic E-state index is -1.41. The zero-order chi connectivity index (χ0) is 10.1. The Hall–Kier alpha value is -1.42. The van der Waals surface area contributed by atoms with E-state index in [0.29, 0.717) is 5.69 Å². The van der Waals surface area contributed by atoms with E-state index < -0.39 is 11.5 Å². The van der Waals surface area contributed by atoms with E-state index in [1.807, 2.05) is 6.92 Å². The molecule has 0 bridgehead atoms. The maximum Gasteiger partial charge on any atom is 0.329 e. The minimum Gasteiger partial charge on any atom is -0.480 e. The van der Waals surface area contributed by atoms with Gasteiger partial charge in [0, 0.05) is 6.20 Å². The third kappa shape index (κ3) is 1.84. The number of nitrogens with zero attached hydrogens (tertiary/aromatic N) is 1. The first-order chi connectivity index (χ1) is 5.94. The topological polar surface area (TPSA) is 76.2 Å². The molecule has 0 saturated carbocycles. The van der Waals surface area contributed by atoms with Gasteiger partial charge in [0.25, 0.3) is 0 Å². The molecular formula is C9H12N2O2. The lowest BCUT2D eigenvalue weighted by Gasteiger charge is -2.18. The third-order valence-corrected chi connectivity index (χ3v) is 1.89. The number of aliphatic carboxylic acids is 1. The summed E-state index contributed by atoms with van der Waals surface area (Å²) in [5.74, 6) is -1.08. The van der Waals surface area contributed by atoms with Gasteiger partial charge in [-0.2, -0.15) is 0 Å². The van der Waals surface area contributed by atoms with Crippen molar-refractivity contribution in [1.29, 1.82) is 0 Å². The molecule has 0 spiro atoms. The number of carboxylic acid groups (broad SMARTS) is 1. The van der Waals surface area contributed by atoms with Gasteiger partial charge in [0.1, 0.15) is 0 Å². The molecular weight excluding hydrogens is 168 g/mol. The first-order valence-electron chi connectivity index (χ1n) is 3.90. The second-order valence-corrected chi connectivity index (χ2v) is 3.23. The molecule has 1 heterocycles. The normalized spacial score (nSPS) is 15.0. The predicted molar refractivity (Wildman–Crippen MR) is 48.1 cm³/mol. The van der Waals surface area contributed by atoms with Crippen molar-refractivity contribution in [2.45, 2.75) is 19.4 Å². The van der Waals surface area contributed by atoms with Crippen LogP contribution >= 0.6 is 0 Å². The average Bonchev–Trinajstić information content (AvgIpc) is 2.04. The molecule has 0 aromatic carbocycles. The van der Waals surface area contributed by atoms with Crippen LogP contribution in [0.3, 0.4) is 0 Å². The fraction of sp³-hybridized carbons (Fsp3) is 0.333. The lowest BCUT2D eigenvalue weighted by Crippen LogP contribution is -2.42. The van der Waals surface area contributed by atoms with Crippen molar-refractivity contribution in [3.63, 3.8) is 0 Å². The molecule has 70 valence electrons. The largest absolute Gasteiger partial charge is 0.480 e. The number of aromatic nitrogens is 1. The van der Waals surface area contributed by atoms with Crippen molar-refractivity contribution in [2.75, 3.05) is 0 Å². The SMILES string of the molecule is Cc1ccnc([C@@](C)(N)C(=O)O)c1. The Morgan fingerprint density at radius 1 is 1.69 bits per heavy atom. The van der Waals surface area contributed by atoms with Crippen molar-refractivity contribution >= 4 is 5.97 Å². The first kappa shape index (κ1) is 9.67. The average molecular weight is 180 g/mol. The molecule has 1 aromatic heterocycles. The maximum absolute atomic E-state index is 10.8. The Bertz CT molecular complexity index is 334. The van der Waals surface area contributed by atoms with Gasteiger partial charge in [0.2, 0.25) is 0 Å². The van der Waals surface area contributed by atoms with E-state index in [-0.39, 0.29) is 0 Å². The molecule has 0 unspecified atom stereocenters. The quantitative estimate of drug-likeness (QED) is 0.700. The zero-order valence-corrected chi connectivity index (χ0v) is 7.61. The van der Waals surface area contributed by atoms with Gasteiger partial charge in [-0.1, -0.05) is 0 Å². The highest BCUT2D eigenvalue weighted by atomic mass is 16.4. The van der Waals surface area contributed by atoms with Crippen molar-refractivity contribution in [1.82, 2.24) is 4.98 Å². The number of rotatable bonds is 2. The van der Waals surface area contributed by atoms with E-state index in [2.05, 4.69) is 4.98 Å². The van der Waals surface area contributed by atoms with E-state index >= 15 is 0 Å². The molecule has 0 saturated heterocycles. The number of hydrogen-bond acceptors (Lipinski definition) is 3. The van der Waals surface area contributed by atoms with E-state index in [9.17, 15) is 4.79 Å². The van der Waals surface area contributed by atoms with E-state index in [4.69, 9.17) is 10.8 Å². The summed E-state index contributed by atoms with van der Waals surface area (Å²) in [6.07, 6.45) is 1.55. The molecule has 13 heavy (non-hydrogen) atoms. The fourth-order valence-corrected chi connectivity index (χ4v) is 0.930. The van der Waals surface area contributed by atoms with Crippen LogP contribution in [0.2, 0.25) is 0 Å². The molecule has 4 nitrogen and oxygen atoms in total. The number of carboxylic acids is 1. The molecule has 1 atom stereocenters. The van der Waals surface area contributed by atoms with Crippen molar-refractivity contribution in [3.8, 4) is 0 Å². The van der Waals surface area contributed by atoms with E-state index in [1.54, 1.807) is 18.3 Å². The van der Waals surface area contributed by atoms with Gasteiger partial charge in [-0.25, -0.2) is 4.79 Å². The summed E-state index contributed by atoms with van der Waals surface area (Å²) in [6.45, 7) is 3.29. The monoisotopic (exact) mass is 180 g/mol. The summed E-state index contributed by atoms with van der Waals surface area (Å²) in [4.78, 5) is 14.7. The predicted octanol–water partition coefficient (Wildman–Crippen LogP) is 0.649. The van der Waals surface area contributed by atoms with E-state index in [0.717, 1.165) is 5.56 Å². The summed E-state index contributed by atoms with van der Waals surface area (Å²) in [7, 11) is 0. The number of hydrogen-bond donors (Lipinski definition) is 2. The third-order valence-electron chi connectivity index (χ3n) is 1.89. The molecule has 0 aliphatic carbocycles. The van der Waals surface area contributed by atoms with Crippen LogP contribution in [0.1, 0.15) is 18.2 Å². The van der Waals surface area contributed by atoms with E-state index in [1.165, 1.54) is 6.92 Å². The van der Waals surface area contributed by atoms with Gasteiger partial charge >= 0.3 is 5.97 Å². The van der Waals surface area contributed by atoms with Crippen LogP contribution in [-0.2, 0) is 10.3 Å². The van der Waals surface area contributed by atoms with Gasteiger partial charge in [-0.05, 0) is 31.5 Å². The Labute approximate surface area is 76.4 Å². The molecule has 3 N–H and O–H groups in total. The lowest BCUT2D eigenvalue weighted by molar-refractivity contribution is -0.143. The standard InChI is InChI=1S/C9H12N2O2/c1-6-3-4-11-7(5-6)9(2,10)8(12)13/h3-5H,10H2,1-2H3,(H,12,13)/t9-/m1/s1. The van der Waals surface area contributed by atoms with Crippen LogP contribution in [0, 0.1) is 6.92 Å². The van der Waals surface area contributed by atoms with Crippen molar-refractivity contribution in [2.24, 2.45) is 5.73 Å². The van der Waals surface area contributed by atoms with Gasteiger partial charge in [-0.15, -0.1) is 0 Å². The highest BCUT2D eigenvalue weighted by Crippen LogP contribution is 2.15. The number of nitrogens with two attached hydrogens (primary N) is 1. The molecule has 0 aliphatic heterocycles. The number of pyridine rings is 1. The molecule has 1 rings (SSSR count). The minimum absolute atomic E-state index is 0.375. The van der Waals surface area contributed by atoms with Crippen LogP contribution in [-0.4, -0.2) is 16.1 Å². The Morgan fingerprint density at radius 3 is 2.77 bits per heavy atom. The summed E-state index contributed by atoms with van der Waals surface area (Å²) < 4.78 is 0. The Morgan fingerprint density at radius 2 is 2.31 bits per heavy atom. The summed E-state index contributed by atoms with van der Waals surface area (Å²) >= 11 is 0. The molecule has 0 aliphatic rings.